The lowest BCUT2D eigenvalue weighted by molar-refractivity contribution is -0.129. The van der Waals surface area contributed by atoms with Crippen LogP contribution >= 0.6 is 0 Å². The molecule has 2 atom stereocenters. The Morgan fingerprint density at radius 2 is 2.05 bits per heavy atom. The van der Waals surface area contributed by atoms with Crippen molar-refractivity contribution in [2.75, 3.05) is 0 Å². The topological polar surface area (TPSA) is 75.3 Å². The predicted molar refractivity (Wildman–Crippen MR) is 71.8 cm³/mol. The Balaban J connectivity index is 2.46. The van der Waals surface area contributed by atoms with Crippen LogP contribution in [0.1, 0.15) is 46.0 Å². The van der Waals surface area contributed by atoms with Crippen LogP contribution in [0.2, 0.25) is 0 Å². The van der Waals surface area contributed by atoms with E-state index in [1.54, 1.807) is 0 Å². The molecule has 5 nitrogen and oxygen atoms in total. The van der Waals surface area contributed by atoms with Crippen LogP contribution in [-0.4, -0.2) is 17.6 Å². The molecule has 0 aromatic carbocycles. The van der Waals surface area contributed by atoms with Gasteiger partial charge in [-0.1, -0.05) is 19.1 Å². The van der Waals surface area contributed by atoms with Crippen molar-refractivity contribution in [3.63, 3.8) is 0 Å². The van der Waals surface area contributed by atoms with Gasteiger partial charge in [-0.2, -0.15) is 0 Å². The van der Waals surface area contributed by atoms with Crippen LogP contribution in [0.4, 0.5) is 0 Å². The number of Topliss-reactive ketones (excluding diaryl/α,β-unsaturated/α-hetero) is 1. The van der Waals surface area contributed by atoms with Gasteiger partial charge in [-0.3, -0.25) is 25.2 Å². The highest BCUT2D eigenvalue weighted by molar-refractivity contribution is 5.86. The van der Waals surface area contributed by atoms with Gasteiger partial charge in [0.05, 0.1) is 0 Å². The molecular weight excluding hydrogens is 244 g/mol. The average Bonchev–Trinajstić information content (AvgIpc) is 2.69. The standard InChI is InChI=1S/C14H22N2O3/c1-3-4-5-6-12-11(7-8-13(12)18)9-14(19)16-15-10(2)17/h4-5,11-12H,3,6-9H2,1-2H3,(H,15,17)(H,16,19)/b5-4+. The summed E-state index contributed by atoms with van der Waals surface area (Å²) in [5, 5.41) is 0. The Hall–Kier alpha value is -1.65. The lowest BCUT2D eigenvalue weighted by atomic mass is 9.89. The van der Waals surface area contributed by atoms with Crippen molar-refractivity contribution in [1.82, 2.24) is 10.9 Å². The van der Waals surface area contributed by atoms with Gasteiger partial charge in [0.15, 0.2) is 0 Å². The molecule has 0 aliphatic heterocycles. The number of carbonyl (C=O) groups is 3. The molecule has 2 amide bonds. The first-order valence-corrected chi connectivity index (χ1v) is 6.77. The number of hydrazine groups is 1. The van der Waals surface area contributed by atoms with E-state index in [4.69, 9.17) is 0 Å². The Morgan fingerprint density at radius 3 is 2.68 bits per heavy atom. The summed E-state index contributed by atoms with van der Waals surface area (Å²) in [7, 11) is 0. The van der Waals surface area contributed by atoms with Crippen molar-refractivity contribution in [3.8, 4) is 0 Å². The Bertz CT molecular complexity index is 377. The number of ketones is 1. The summed E-state index contributed by atoms with van der Waals surface area (Å²) in [6.07, 6.45) is 7.34. The van der Waals surface area contributed by atoms with Gasteiger partial charge < -0.3 is 0 Å². The molecule has 0 aromatic heterocycles. The molecule has 1 saturated carbocycles. The van der Waals surface area contributed by atoms with Crippen LogP contribution in [-0.2, 0) is 14.4 Å². The highest BCUT2D eigenvalue weighted by atomic mass is 16.2. The number of rotatable bonds is 5. The summed E-state index contributed by atoms with van der Waals surface area (Å²) in [6.45, 7) is 3.38. The summed E-state index contributed by atoms with van der Waals surface area (Å²) in [6, 6.07) is 0. The molecule has 2 N–H and O–H groups in total. The molecule has 5 heteroatoms. The van der Waals surface area contributed by atoms with Gasteiger partial charge in [-0.25, -0.2) is 0 Å². The molecule has 0 aromatic rings. The van der Waals surface area contributed by atoms with Crippen LogP contribution < -0.4 is 10.9 Å². The van der Waals surface area contributed by atoms with E-state index in [9.17, 15) is 14.4 Å². The lowest BCUT2D eigenvalue weighted by Crippen LogP contribution is -2.41. The maximum absolute atomic E-state index is 11.8. The van der Waals surface area contributed by atoms with Gasteiger partial charge in [-0.05, 0) is 25.2 Å². The van der Waals surface area contributed by atoms with Crippen LogP contribution in [0.3, 0.4) is 0 Å². The average molecular weight is 266 g/mol. The fourth-order valence-corrected chi connectivity index (χ4v) is 2.40. The third kappa shape index (κ3) is 5.24. The molecule has 0 spiro atoms. The second-order valence-electron chi connectivity index (χ2n) is 4.92. The van der Waals surface area contributed by atoms with E-state index in [1.807, 2.05) is 19.1 Å². The molecular formula is C14H22N2O3. The fourth-order valence-electron chi connectivity index (χ4n) is 2.40. The van der Waals surface area contributed by atoms with Gasteiger partial charge in [0.1, 0.15) is 5.78 Å². The quantitative estimate of drug-likeness (QED) is 0.585. The van der Waals surface area contributed by atoms with E-state index in [1.165, 1.54) is 6.92 Å². The molecule has 1 aliphatic carbocycles. The monoisotopic (exact) mass is 266 g/mol. The summed E-state index contributed by atoms with van der Waals surface area (Å²) >= 11 is 0. The van der Waals surface area contributed by atoms with Crippen molar-refractivity contribution in [1.29, 1.82) is 0 Å². The molecule has 0 bridgehead atoms. The SMILES string of the molecule is CC/C=C/CC1C(=O)CCC1CC(=O)NNC(C)=O. The molecule has 19 heavy (non-hydrogen) atoms. The van der Waals surface area contributed by atoms with Crippen molar-refractivity contribution in [3.05, 3.63) is 12.2 Å². The lowest BCUT2D eigenvalue weighted by Gasteiger charge is -2.16. The Kier molecular flexibility index (Phi) is 6.25. The van der Waals surface area contributed by atoms with E-state index in [-0.39, 0.29) is 35.9 Å². The molecule has 2 unspecified atom stereocenters. The zero-order chi connectivity index (χ0) is 14.3. The van der Waals surface area contributed by atoms with E-state index in [0.29, 0.717) is 12.8 Å². The zero-order valence-electron chi connectivity index (χ0n) is 11.6. The third-order valence-electron chi connectivity index (χ3n) is 3.36. The molecule has 106 valence electrons. The van der Waals surface area contributed by atoms with Gasteiger partial charge in [0, 0.05) is 25.7 Å². The second kappa shape index (κ2) is 7.71. The molecule has 1 aliphatic rings. The summed E-state index contributed by atoms with van der Waals surface area (Å²) in [4.78, 5) is 34.1. The van der Waals surface area contributed by atoms with Crippen LogP contribution in [0, 0.1) is 11.8 Å². The second-order valence-corrected chi connectivity index (χ2v) is 4.92. The minimum absolute atomic E-state index is 0.0501. The van der Waals surface area contributed by atoms with Crippen molar-refractivity contribution < 1.29 is 14.4 Å². The smallest absolute Gasteiger partial charge is 0.238 e. The minimum Gasteiger partial charge on any atom is -0.299 e. The number of hydrogen-bond acceptors (Lipinski definition) is 3. The van der Waals surface area contributed by atoms with Gasteiger partial charge in [0.2, 0.25) is 11.8 Å². The van der Waals surface area contributed by atoms with Crippen molar-refractivity contribution in [2.45, 2.75) is 46.0 Å². The van der Waals surface area contributed by atoms with E-state index in [0.717, 1.165) is 12.8 Å². The molecule has 0 radical (unpaired) electrons. The van der Waals surface area contributed by atoms with Gasteiger partial charge in [-0.15, -0.1) is 0 Å². The van der Waals surface area contributed by atoms with Crippen LogP contribution in [0.15, 0.2) is 12.2 Å². The first-order valence-electron chi connectivity index (χ1n) is 6.77. The Labute approximate surface area is 113 Å². The first-order chi connectivity index (χ1) is 9.04. The minimum atomic E-state index is -0.307. The van der Waals surface area contributed by atoms with E-state index in [2.05, 4.69) is 10.9 Å². The molecule has 1 rings (SSSR count). The summed E-state index contributed by atoms with van der Waals surface area (Å²) in [5.41, 5.74) is 4.60. The normalized spacial score (nSPS) is 22.7. The highest BCUT2D eigenvalue weighted by Crippen LogP contribution is 2.33. The number of nitrogens with one attached hydrogen (secondary N) is 2. The zero-order valence-corrected chi connectivity index (χ0v) is 11.6. The van der Waals surface area contributed by atoms with Gasteiger partial charge in [0.25, 0.3) is 0 Å². The van der Waals surface area contributed by atoms with Crippen molar-refractivity contribution >= 4 is 17.6 Å². The number of allylic oxidation sites excluding steroid dienone is 2. The van der Waals surface area contributed by atoms with Crippen LogP contribution in [0.25, 0.3) is 0 Å². The van der Waals surface area contributed by atoms with E-state index < -0.39 is 0 Å². The van der Waals surface area contributed by atoms with E-state index >= 15 is 0 Å². The molecule has 1 fully saturated rings. The fraction of sp³-hybridized carbons (Fsp3) is 0.643. The Morgan fingerprint density at radius 1 is 1.32 bits per heavy atom. The number of carbonyl (C=O) groups excluding carboxylic acids is 3. The third-order valence-corrected chi connectivity index (χ3v) is 3.36. The maximum Gasteiger partial charge on any atom is 0.238 e. The summed E-state index contributed by atoms with van der Waals surface area (Å²) < 4.78 is 0. The van der Waals surface area contributed by atoms with Crippen LogP contribution in [0.5, 0.6) is 0 Å². The predicted octanol–water partition coefficient (Wildman–Crippen LogP) is 1.50. The van der Waals surface area contributed by atoms with Crippen molar-refractivity contribution in [2.24, 2.45) is 11.8 Å². The summed E-state index contributed by atoms with van der Waals surface area (Å²) in [5.74, 6) is -0.260. The number of amides is 2. The largest absolute Gasteiger partial charge is 0.299 e. The number of hydrogen-bond donors (Lipinski definition) is 2. The van der Waals surface area contributed by atoms with Gasteiger partial charge >= 0.3 is 0 Å². The maximum atomic E-state index is 11.8. The first kappa shape index (κ1) is 15.4. The molecule has 0 heterocycles. The highest BCUT2D eigenvalue weighted by Gasteiger charge is 2.34. The molecule has 0 saturated heterocycles.